The second-order valence-corrected chi connectivity index (χ2v) is 8.77. The van der Waals surface area contributed by atoms with E-state index in [-0.39, 0.29) is 18.0 Å². The Labute approximate surface area is 139 Å². The van der Waals surface area contributed by atoms with Gasteiger partial charge in [-0.25, -0.2) is 8.42 Å². The van der Waals surface area contributed by atoms with Gasteiger partial charge in [0.2, 0.25) is 15.9 Å². The lowest BCUT2D eigenvalue weighted by Gasteiger charge is -2.48. The number of likely N-dealkylation sites (N-methyl/N-ethyl adjacent to an activating group) is 1. The fourth-order valence-corrected chi connectivity index (χ4v) is 3.84. The minimum atomic E-state index is -3.33. The molecule has 1 amide bonds. The molecule has 2 rings (SSSR count). The maximum absolute atomic E-state index is 12.1. The van der Waals surface area contributed by atoms with Gasteiger partial charge in [-0.05, 0) is 12.8 Å². The maximum Gasteiger partial charge on any atom is 0.235 e. The Hall–Kier alpha value is -0.700. The minimum Gasteiger partial charge on any atom is -0.379 e. The number of nitrogens with zero attached hydrogens (tertiary/aromatic N) is 2. The largest absolute Gasteiger partial charge is 0.379 e. The number of ether oxygens (including phenoxy) is 1. The molecule has 0 unspecified atom stereocenters. The average Bonchev–Trinajstić information content (AvgIpc) is 2.54. The molecule has 0 bridgehead atoms. The van der Waals surface area contributed by atoms with Crippen LogP contribution in [-0.4, -0.2) is 81.8 Å². The van der Waals surface area contributed by atoms with Gasteiger partial charge in [0.05, 0.1) is 26.0 Å². The van der Waals surface area contributed by atoms with Crippen LogP contribution >= 0.6 is 0 Å². The minimum absolute atomic E-state index is 0.00134. The molecule has 7 nitrogen and oxygen atoms in total. The van der Waals surface area contributed by atoms with E-state index in [2.05, 4.69) is 10.2 Å². The van der Waals surface area contributed by atoms with Gasteiger partial charge in [0.25, 0.3) is 0 Å². The highest BCUT2D eigenvalue weighted by molar-refractivity contribution is 7.88. The number of morpholine rings is 1. The Morgan fingerprint density at radius 3 is 2.39 bits per heavy atom. The zero-order chi connectivity index (χ0) is 16.9. The van der Waals surface area contributed by atoms with E-state index in [1.807, 2.05) is 0 Å². The summed E-state index contributed by atoms with van der Waals surface area (Å²) < 4.78 is 29.3. The van der Waals surface area contributed by atoms with Gasteiger partial charge in [0.1, 0.15) is 0 Å². The quantitative estimate of drug-likeness (QED) is 0.733. The van der Waals surface area contributed by atoms with Crippen LogP contribution in [0.4, 0.5) is 0 Å². The van der Waals surface area contributed by atoms with Crippen molar-refractivity contribution in [2.75, 3.05) is 52.7 Å². The van der Waals surface area contributed by atoms with Crippen molar-refractivity contribution >= 4 is 15.9 Å². The number of hydrogen-bond donors (Lipinski definition) is 1. The van der Waals surface area contributed by atoms with Crippen LogP contribution in [0, 0.1) is 0 Å². The highest BCUT2D eigenvalue weighted by atomic mass is 32.2. The van der Waals surface area contributed by atoms with Crippen LogP contribution in [0.25, 0.3) is 0 Å². The molecule has 0 aromatic heterocycles. The monoisotopic (exact) mass is 347 g/mol. The molecular weight excluding hydrogens is 318 g/mol. The molecule has 1 heterocycles. The molecule has 0 radical (unpaired) electrons. The van der Waals surface area contributed by atoms with Gasteiger partial charge in [0, 0.05) is 32.2 Å². The molecule has 0 spiro atoms. The van der Waals surface area contributed by atoms with E-state index in [1.54, 1.807) is 0 Å². The van der Waals surface area contributed by atoms with Crippen LogP contribution < -0.4 is 5.32 Å². The Bertz CT molecular complexity index is 497. The number of rotatable bonds is 6. The van der Waals surface area contributed by atoms with E-state index < -0.39 is 10.0 Å². The van der Waals surface area contributed by atoms with E-state index in [0.717, 1.165) is 49.7 Å². The zero-order valence-electron chi connectivity index (χ0n) is 14.2. The van der Waals surface area contributed by atoms with Crippen molar-refractivity contribution in [1.29, 1.82) is 0 Å². The summed E-state index contributed by atoms with van der Waals surface area (Å²) in [5.41, 5.74) is 0.00134. The van der Waals surface area contributed by atoms with Gasteiger partial charge in [-0.1, -0.05) is 19.3 Å². The molecule has 0 aromatic carbocycles. The SMILES string of the molecule is CN(CC(=O)NCC1(N2CCOCC2)CCCCC1)S(C)(=O)=O. The third-order valence-electron chi connectivity index (χ3n) is 5.01. The molecule has 1 aliphatic heterocycles. The average molecular weight is 347 g/mol. The summed E-state index contributed by atoms with van der Waals surface area (Å²) in [6, 6.07) is 0. The molecule has 2 fully saturated rings. The number of carbonyl (C=O) groups is 1. The summed E-state index contributed by atoms with van der Waals surface area (Å²) in [6.45, 7) is 3.75. The molecule has 134 valence electrons. The van der Waals surface area contributed by atoms with Crippen molar-refractivity contribution in [2.45, 2.75) is 37.6 Å². The van der Waals surface area contributed by atoms with E-state index in [4.69, 9.17) is 4.74 Å². The molecule has 0 atom stereocenters. The maximum atomic E-state index is 12.1. The van der Waals surface area contributed by atoms with Crippen LogP contribution in [0.3, 0.4) is 0 Å². The van der Waals surface area contributed by atoms with Gasteiger partial charge < -0.3 is 10.1 Å². The summed E-state index contributed by atoms with van der Waals surface area (Å²) in [4.78, 5) is 14.6. The van der Waals surface area contributed by atoms with Gasteiger partial charge in [-0.3, -0.25) is 9.69 Å². The lowest BCUT2D eigenvalue weighted by Crippen LogP contribution is -2.60. The molecule has 2 aliphatic rings. The molecule has 23 heavy (non-hydrogen) atoms. The van der Waals surface area contributed by atoms with Crippen LogP contribution in [0.5, 0.6) is 0 Å². The molecule has 1 N–H and O–H groups in total. The summed E-state index contributed by atoms with van der Waals surface area (Å²) in [5, 5.41) is 2.97. The first kappa shape index (κ1) is 18.6. The van der Waals surface area contributed by atoms with Crippen molar-refractivity contribution in [3.63, 3.8) is 0 Å². The zero-order valence-corrected chi connectivity index (χ0v) is 15.0. The summed E-state index contributed by atoms with van der Waals surface area (Å²) in [5.74, 6) is -0.240. The van der Waals surface area contributed by atoms with Crippen molar-refractivity contribution in [1.82, 2.24) is 14.5 Å². The smallest absolute Gasteiger partial charge is 0.235 e. The van der Waals surface area contributed by atoms with Crippen molar-refractivity contribution in [3.05, 3.63) is 0 Å². The normalized spacial score (nSPS) is 22.9. The van der Waals surface area contributed by atoms with Crippen molar-refractivity contribution in [3.8, 4) is 0 Å². The third-order valence-corrected chi connectivity index (χ3v) is 6.27. The van der Waals surface area contributed by atoms with Gasteiger partial charge in [-0.2, -0.15) is 4.31 Å². The predicted molar refractivity (Wildman–Crippen MR) is 88.7 cm³/mol. The molecule has 0 aromatic rings. The molecule has 1 saturated heterocycles. The Morgan fingerprint density at radius 2 is 1.83 bits per heavy atom. The standard InChI is InChI=1S/C15H29N3O4S/c1-17(23(2,20)21)12-14(19)16-13-15(6-4-3-5-7-15)18-8-10-22-11-9-18/h3-13H2,1-2H3,(H,16,19). The summed E-state index contributed by atoms with van der Waals surface area (Å²) in [6.07, 6.45) is 6.87. The first-order chi connectivity index (χ1) is 10.8. The van der Waals surface area contributed by atoms with Crippen molar-refractivity contribution in [2.24, 2.45) is 0 Å². The molecular formula is C15H29N3O4S. The number of sulfonamides is 1. The fraction of sp³-hybridized carbons (Fsp3) is 0.933. The van der Waals surface area contributed by atoms with Gasteiger partial charge in [0.15, 0.2) is 0 Å². The number of carbonyl (C=O) groups excluding carboxylic acids is 1. The summed E-state index contributed by atoms with van der Waals surface area (Å²) in [7, 11) is -1.91. The van der Waals surface area contributed by atoms with Crippen LogP contribution in [0.1, 0.15) is 32.1 Å². The van der Waals surface area contributed by atoms with E-state index >= 15 is 0 Å². The third kappa shape index (κ3) is 5.14. The van der Waals surface area contributed by atoms with Gasteiger partial charge in [-0.15, -0.1) is 0 Å². The second-order valence-electron chi connectivity index (χ2n) is 6.68. The molecule has 1 saturated carbocycles. The van der Waals surface area contributed by atoms with Crippen LogP contribution in [0.2, 0.25) is 0 Å². The van der Waals surface area contributed by atoms with E-state index in [9.17, 15) is 13.2 Å². The molecule has 1 aliphatic carbocycles. The first-order valence-corrected chi connectivity index (χ1v) is 10.2. The van der Waals surface area contributed by atoms with Gasteiger partial charge >= 0.3 is 0 Å². The molecule has 8 heteroatoms. The number of amides is 1. The highest BCUT2D eigenvalue weighted by Gasteiger charge is 2.38. The van der Waals surface area contributed by atoms with Crippen LogP contribution in [-0.2, 0) is 19.6 Å². The lowest BCUT2D eigenvalue weighted by atomic mass is 9.79. The first-order valence-electron chi connectivity index (χ1n) is 8.34. The topological polar surface area (TPSA) is 79.0 Å². The summed E-state index contributed by atoms with van der Waals surface area (Å²) >= 11 is 0. The second kappa shape index (κ2) is 7.92. The number of hydrogen-bond acceptors (Lipinski definition) is 5. The Kier molecular flexibility index (Phi) is 6.41. The van der Waals surface area contributed by atoms with Crippen molar-refractivity contribution < 1.29 is 17.9 Å². The Morgan fingerprint density at radius 1 is 1.22 bits per heavy atom. The number of nitrogens with one attached hydrogen (secondary N) is 1. The lowest BCUT2D eigenvalue weighted by molar-refractivity contribution is -0.122. The van der Waals surface area contributed by atoms with E-state index in [0.29, 0.717) is 6.54 Å². The van der Waals surface area contributed by atoms with Crippen LogP contribution in [0.15, 0.2) is 0 Å². The predicted octanol–water partition coefficient (Wildman–Crippen LogP) is 0.0291. The highest BCUT2D eigenvalue weighted by Crippen LogP contribution is 2.33. The van der Waals surface area contributed by atoms with E-state index in [1.165, 1.54) is 26.3 Å². The fourth-order valence-electron chi connectivity index (χ4n) is 3.49. The Balaban J connectivity index is 1.94.